The van der Waals surface area contributed by atoms with Gasteiger partial charge in [0.05, 0.1) is 7.11 Å². The van der Waals surface area contributed by atoms with Crippen LogP contribution in [0, 0.1) is 13.8 Å². The minimum Gasteiger partial charge on any atom is -0.331 e. The number of carbonyl (C=O) groups excluding carboxylic acids is 2. The number of piperidine rings is 1. The lowest BCUT2D eigenvalue weighted by atomic mass is 9.78. The zero-order chi connectivity index (χ0) is 17.7. The smallest absolute Gasteiger partial charge is 0.256 e. The highest BCUT2D eigenvalue weighted by atomic mass is 35.5. The van der Waals surface area contributed by atoms with Crippen LogP contribution in [-0.4, -0.2) is 54.4 Å². The lowest BCUT2D eigenvalue weighted by molar-refractivity contribution is -0.165. The molecule has 0 aliphatic carbocycles. The van der Waals surface area contributed by atoms with E-state index < -0.39 is 10.4 Å². The number of hydrogen-bond acceptors (Lipinski definition) is 4. The highest BCUT2D eigenvalue weighted by molar-refractivity contribution is 6.49. The van der Waals surface area contributed by atoms with Crippen LogP contribution in [0.4, 0.5) is 0 Å². The van der Waals surface area contributed by atoms with E-state index in [1.165, 1.54) is 0 Å². The van der Waals surface area contributed by atoms with Crippen molar-refractivity contribution in [2.75, 3.05) is 27.2 Å². The molecule has 0 saturated carbocycles. The number of hydroxylamine groups is 2. The fourth-order valence-corrected chi connectivity index (χ4v) is 4.78. The third-order valence-electron chi connectivity index (χ3n) is 5.61. The molecule has 1 aromatic carbocycles. The van der Waals surface area contributed by atoms with Crippen molar-refractivity contribution in [2.24, 2.45) is 0 Å². The molecule has 0 N–H and O–H groups in total. The summed E-state index contributed by atoms with van der Waals surface area (Å²) in [4.78, 5) is 31.8. The lowest BCUT2D eigenvalue weighted by Gasteiger charge is -2.41. The van der Waals surface area contributed by atoms with E-state index >= 15 is 0 Å². The highest BCUT2D eigenvalue weighted by Gasteiger charge is 2.66. The molecule has 1 spiro atoms. The van der Waals surface area contributed by atoms with Crippen LogP contribution < -0.4 is 0 Å². The highest BCUT2D eigenvalue weighted by Crippen LogP contribution is 2.49. The van der Waals surface area contributed by atoms with Crippen molar-refractivity contribution < 1.29 is 14.4 Å². The zero-order valence-corrected chi connectivity index (χ0v) is 15.3. The molecule has 2 fully saturated rings. The number of nitrogens with zero attached hydrogens (tertiary/aromatic N) is 2. The van der Waals surface area contributed by atoms with Crippen molar-refractivity contribution in [3.63, 3.8) is 0 Å². The Morgan fingerprint density at radius 3 is 2.17 bits per heavy atom. The van der Waals surface area contributed by atoms with Gasteiger partial charge in [0, 0.05) is 20.1 Å². The number of hydrogen-bond donors (Lipinski definition) is 0. The second-order valence-electron chi connectivity index (χ2n) is 6.76. The van der Waals surface area contributed by atoms with Crippen LogP contribution in [-0.2, 0) is 19.3 Å². The van der Waals surface area contributed by atoms with Crippen molar-refractivity contribution in [3.05, 3.63) is 34.9 Å². The summed E-state index contributed by atoms with van der Waals surface area (Å²) in [6, 6.07) is 5.70. The van der Waals surface area contributed by atoms with Crippen LogP contribution in [0.5, 0.6) is 0 Å². The van der Waals surface area contributed by atoms with E-state index in [-0.39, 0.29) is 11.7 Å². The van der Waals surface area contributed by atoms with Crippen LogP contribution in [0.3, 0.4) is 0 Å². The van der Waals surface area contributed by atoms with Crippen LogP contribution in [0.1, 0.15) is 29.5 Å². The molecule has 0 aromatic heterocycles. The predicted octanol–water partition coefficient (Wildman–Crippen LogP) is 2.17. The average Bonchev–Trinajstić information content (AvgIpc) is 2.70. The maximum Gasteiger partial charge on any atom is 0.256 e. The molecule has 1 atom stereocenters. The molecule has 24 heavy (non-hydrogen) atoms. The predicted molar refractivity (Wildman–Crippen MR) is 91.8 cm³/mol. The van der Waals surface area contributed by atoms with E-state index in [1.807, 2.05) is 37.1 Å². The first-order valence-electron chi connectivity index (χ1n) is 8.17. The lowest BCUT2D eigenvalue weighted by Crippen LogP contribution is -2.55. The van der Waals surface area contributed by atoms with Gasteiger partial charge in [-0.15, -0.1) is 0 Å². The van der Waals surface area contributed by atoms with E-state index in [4.69, 9.17) is 16.4 Å². The normalized spacial score (nSPS) is 27.3. The number of aryl methyl sites for hydroxylation is 2. The molecule has 0 bridgehead atoms. The Hall–Kier alpha value is -1.43. The molecule has 0 radical (unpaired) electrons. The first kappa shape index (κ1) is 17.4. The maximum absolute atomic E-state index is 13.5. The fraction of sp³-hybridized carbons (Fsp3) is 0.556. The molecule has 5 nitrogen and oxygen atoms in total. The summed E-state index contributed by atoms with van der Waals surface area (Å²) in [5.41, 5.74) is 1.53. The molecular formula is C18H23ClN2O3. The number of carbonyl (C=O) groups is 2. The zero-order valence-electron chi connectivity index (χ0n) is 14.6. The van der Waals surface area contributed by atoms with Gasteiger partial charge in [-0.1, -0.05) is 29.8 Å². The maximum atomic E-state index is 13.5. The van der Waals surface area contributed by atoms with Crippen LogP contribution in [0.2, 0.25) is 0 Å². The molecule has 6 heteroatoms. The number of alkyl halides is 1. The Kier molecular flexibility index (Phi) is 4.22. The van der Waals surface area contributed by atoms with E-state index in [0.29, 0.717) is 31.5 Å². The number of halogens is 1. The summed E-state index contributed by atoms with van der Waals surface area (Å²) in [5.74, 6) is -0.519. The summed E-state index contributed by atoms with van der Waals surface area (Å²) >= 11 is 6.81. The second-order valence-corrected chi connectivity index (χ2v) is 7.33. The molecule has 3 rings (SSSR count). The second kappa shape index (κ2) is 5.83. The number of ketones is 1. The van der Waals surface area contributed by atoms with Gasteiger partial charge in [0.25, 0.3) is 5.91 Å². The van der Waals surface area contributed by atoms with Gasteiger partial charge in [-0.3, -0.25) is 9.59 Å². The minimum atomic E-state index is -1.63. The Bertz CT molecular complexity index is 677. The van der Waals surface area contributed by atoms with Gasteiger partial charge < -0.3 is 9.74 Å². The van der Waals surface area contributed by atoms with Gasteiger partial charge in [0.2, 0.25) is 4.87 Å². The van der Waals surface area contributed by atoms with E-state index in [0.717, 1.165) is 11.1 Å². The Morgan fingerprint density at radius 2 is 1.67 bits per heavy atom. The number of Topliss-reactive ketones (excluding diaryl/α,β-unsaturated/α-hetero) is 1. The fourth-order valence-electron chi connectivity index (χ4n) is 4.18. The molecule has 2 heterocycles. The number of rotatable bonds is 2. The Morgan fingerprint density at radius 1 is 1.12 bits per heavy atom. The summed E-state index contributed by atoms with van der Waals surface area (Å²) in [6.07, 6.45) is 1.06. The third-order valence-corrected chi connectivity index (χ3v) is 6.13. The number of benzene rings is 1. The quantitative estimate of drug-likeness (QED) is 0.606. The SMILES string of the molecule is CON1CCC2(CC1)C(=O)C(Cl)(c1c(C)cccc1C)C(=O)N2C. The standard InChI is InChI=1S/C18H23ClN2O3/c1-12-6-5-7-13(2)14(12)18(19)15(22)17(20(3)16(18)23)8-10-21(24-4)11-9-17/h5-7H,8-11H2,1-4H3. The van der Waals surface area contributed by atoms with Gasteiger partial charge in [-0.2, -0.15) is 5.06 Å². The molecule has 2 saturated heterocycles. The van der Waals surface area contributed by atoms with E-state index in [1.54, 1.807) is 19.1 Å². The number of likely N-dealkylation sites (tertiary alicyclic amines) is 1. The topological polar surface area (TPSA) is 49.9 Å². The van der Waals surface area contributed by atoms with Gasteiger partial charge in [-0.05, 0) is 43.4 Å². The molecule has 1 aromatic rings. The van der Waals surface area contributed by atoms with Crippen LogP contribution in [0.15, 0.2) is 18.2 Å². The molecule has 2 aliphatic heterocycles. The third kappa shape index (κ3) is 2.15. The molecule has 130 valence electrons. The van der Waals surface area contributed by atoms with E-state index in [2.05, 4.69) is 0 Å². The van der Waals surface area contributed by atoms with Gasteiger partial charge in [-0.25, -0.2) is 0 Å². The van der Waals surface area contributed by atoms with Crippen LogP contribution in [0.25, 0.3) is 0 Å². The van der Waals surface area contributed by atoms with Crippen molar-refractivity contribution in [1.29, 1.82) is 0 Å². The first-order chi connectivity index (χ1) is 11.3. The number of amides is 1. The average molecular weight is 351 g/mol. The van der Waals surface area contributed by atoms with E-state index in [9.17, 15) is 9.59 Å². The summed E-state index contributed by atoms with van der Waals surface area (Å²) in [6.45, 7) is 4.98. The summed E-state index contributed by atoms with van der Waals surface area (Å²) < 4.78 is 0. The van der Waals surface area contributed by atoms with Gasteiger partial charge >= 0.3 is 0 Å². The van der Waals surface area contributed by atoms with Gasteiger partial charge in [0.1, 0.15) is 5.54 Å². The monoisotopic (exact) mass is 350 g/mol. The van der Waals surface area contributed by atoms with Crippen molar-refractivity contribution >= 4 is 23.3 Å². The molecule has 2 aliphatic rings. The van der Waals surface area contributed by atoms with Crippen molar-refractivity contribution in [2.45, 2.75) is 37.1 Å². The Labute approximate surface area is 147 Å². The largest absolute Gasteiger partial charge is 0.331 e. The van der Waals surface area contributed by atoms with Crippen molar-refractivity contribution in [3.8, 4) is 0 Å². The number of likely N-dealkylation sites (N-methyl/N-ethyl adjacent to an activating group) is 1. The summed E-state index contributed by atoms with van der Waals surface area (Å²) in [7, 11) is 3.31. The molecule has 1 unspecified atom stereocenters. The van der Waals surface area contributed by atoms with Crippen molar-refractivity contribution in [1.82, 2.24) is 9.96 Å². The minimum absolute atomic E-state index is 0.197. The molecular weight excluding hydrogens is 328 g/mol. The Balaban J connectivity index is 2.09. The first-order valence-corrected chi connectivity index (χ1v) is 8.54. The van der Waals surface area contributed by atoms with Gasteiger partial charge in [0.15, 0.2) is 5.78 Å². The molecule has 1 amide bonds. The van der Waals surface area contributed by atoms with Crippen LogP contribution >= 0.6 is 11.6 Å². The summed E-state index contributed by atoms with van der Waals surface area (Å²) in [5, 5.41) is 1.81.